The minimum Gasteiger partial charge on any atom is -0.379 e. The van der Waals surface area contributed by atoms with Crippen LogP contribution in [0.5, 0.6) is 0 Å². The van der Waals surface area contributed by atoms with Crippen molar-refractivity contribution in [3.8, 4) is 21.1 Å². The number of carbonyl (C=O) groups is 1. The number of rotatable bonds is 12. The Balaban J connectivity index is 1.38. The molecule has 4 aromatic rings. The maximum absolute atomic E-state index is 12.8. The van der Waals surface area contributed by atoms with Crippen molar-refractivity contribution in [3.05, 3.63) is 88.1 Å². The molecule has 0 spiro atoms. The van der Waals surface area contributed by atoms with Gasteiger partial charge in [0.15, 0.2) is 0 Å². The van der Waals surface area contributed by atoms with Crippen LogP contribution in [0.2, 0.25) is 0 Å². The number of nitrogens with zero attached hydrogens (tertiary/aromatic N) is 1. The lowest BCUT2D eigenvalue weighted by atomic mass is 10.1. The molecular formula is C27H28N2O3S2. The zero-order valence-electron chi connectivity index (χ0n) is 19.2. The summed E-state index contributed by atoms with van der Waals surface area (Å²) in [5.74, 6) is -0.0144. The SMILES string of the molecule is CCOCCOCc1cccc(CNC(=O)Cc2sc(-c3ccccc3)nc2-c2cccs2)c1. The Morgan fingerprint density at radius 1 is 0.971 bits per heavy atom. The molecule has 0 aliphatic rings. The highest BCUT2D eigenvalue weighted by molar-refractivity contribution is 7.17. The average Bonchev–Trinajstić information content (AvgIpc) is 3.54. The van der Waals surface area contributed by atoms with E-state index in [0.717, 1.165) is 37.1 Å². The zero-order chi connectivity index (χ0) is 23.6. The van der Waals surface area contributed by atoms with Gasteiger partial charge in [0.2, 0.25) is 5.91 Å². The fourth-order valence-corrected chi connectivity index (χ4v) is 5.36. The molecule has 1 amide bonds. The Hall–Kier alpha value is -2.84. The molecule has 2 aromatic carbocycles. The molecule has 4 rings (SSSR count). The van der Waals surface area contributed by atoms with E-state index >= 15 is 0 Å². The highest BCUT2D eigenvalue weighted by Crippen LogP contribution is 2.36. The van der Waals surface area contributed by atoms with Gasteiger partial charge < -0.3 is 14.8 Å². The maximum Gasteiger partial charge on any atom is 0.225 e. The van der Waals surface area contributed by atoms with Crippen LogP contribution < -0.4 is 5.32 Å². The molecule has 0 saturated carbocycles. The number of amides is 1. The highest BCUT2D eigenvalue weighted by Gasteiger charge is 2.17. The number of ether oxygens (including phenoxy) is 2. The quantitative estimate of drug-likeness (QED) is 0.248. The molecule has 0 aliphatic carbocycles. The van der Waals surface area contributed by atoms with E-state index in [0.29, 0.717) is 39.4 Å². The summed E-state index contributed by atoms with van der Waals surface area (Å²) in [5.41, 5.74) is 4.10. The Morgan fingerprint density at radius 2 is 1.79 bits per heavy atom. The summed E-state index contributed by atoms with van der Waals surface area (Å²) in [6.07, 6.45) is 0.304. The normalized spacial score (nSPS) is 11.0. The first kappa shape index (κ1) is 24.3. The Kier molecular flexibility index (Phi) is 8.98. The molecule has 0 aliphatic heterocycles. The molecule has 0 bridgehead atoms. The minimum atomic E-state index is -0.0144. The second-order valence-electron chi connectivity index (χ2n) is 7.66. The summed E-state index contributed by atoms with van der Waals surface area (Å²) >= 11 is 3.23. The monoisotopic (exact) mass is 492 g/mol. The molecule has 0 radical (unpaired) electrons. The molecule has 0 fully saturated rings. The van der Waals surface area contributed by atoms with Gasteiger partial charge in [-0.3, -0.25) is 4.79 Å². The van der Waals surface area contributed by atoms with Crippen molar-refractivity contribution in [1.29, 1.82) is 0 Å². The minimum absolute atomic E-state index is 0.0144. The predicted molar refractivity (Wildman–Crippen MR) is 139 cm³/mol. The first-order valence-corrected chi connectivity index (χ1v) is 13.0. The third-order valence-electron chi connectivity index (χ3n) is 5.12. The van der Waals surface area contributed by atoms with E-state index in [1.807, 2.05) is 54.8 Å². The van der Waals surface area contributed by atoms with Crippen LogP contribution in [-0.2, 0) is 33.8 Å². The van der Waals surface area contributed by atoms with Crippen molar-refractivity contribution in [3.63, 3.8) is 0 Å². The number of aromatic nitrogens is 1. The Labute approximate surface area is 208 Å². The lowest BCUT2D eigenvalue weighted by Gasteiger charge is -2.08. The third-order valence-corrected chi connectivity index (χ3v) is 7.10. The summed E-state index contributed by atoms with van der Waals surface area (Å²) in [7, 11) is 0. The average molecular weight is 493 g/mol. The van der Waals surface area contributed by atoms with Gasteiger partial charge in [0.1, 0.15) is 5.01 Å². The lowest BCUT2D eigenvalue weighted by Crippen LogP contribution is -2.24. The molecule has 0 unspecified atom stereocenters. The molecule has 5 nitrogen and oxygen atoms in total. The number of thiophene rings is 1. The Bertz CT molecular complexity index is 1170. The third kappa shape index (κ3) is 6.84. The topological polar surface area (TPSA) is 60.5 Å². The lowest BCUT2D eigenvalue weighted by molar-refractivity contribution is -0.120. The summed E-state index contributed by atoms with van der Waals surface area (Å²) in [5, 5.41) is 6.03. The second kappa shape index (κ2) is 12.6. The van der Waals surface area contributed by atoms with Crippen molar-refractivity contribution in [2.24, 2.45) is 0 Å². The fourth-order valence-electron chi connectivity index (χ4n) is 3.47. The van der Waals surface area contributed by atoms with Crippen molar-refractivity contribution in [2.75, 3.05) is 19.8 Å². The van der Waals surface area contributed by atoms with Gasteiger partial charge >= 0.3 is 0 Å². The summed E-state index contributed by atoms with van der Waals surface area (Å²) in [6, 6.07) is 22.3. The highest BCUT2D eigenvalue weighted by atomic mass is 32.1. The van der Waals surface area contributed by atoms with Gasteiger partial charge in [-0.2, -0.15) is 0 Å². The number of hydrogen-bond acceptors (Lipinski definition) is 6. The van der Waals surface area contributed by atoms with Crippen molar-refractivity contribution in [2.45, 2.75) is 26.5 Å². The Morgan fingerprint density at radius 3 is 2.59 bits per heavy atom. The van der Waals surface area contributed by atoms with Crippen molar-refractivity contribution >= 4 is 28.6 Å². The van der Waals surface area contributed by atoms with E-state index in [9.17, 15) is 4.79 Å². The summed E-state index contributed by atoms with van der Waals surface area (Å²) in [4.78, 5) is 19.8. The first-order valence-electron chi connectivity index (χ1n) is 11.3. The molecule has 1 N–H and O–H groups in total. The van der Waals surface area contributed by atoms with E-state index in [-0.39, 0.29) is 5.91 Å². The largest absolute Gasteiger partial charge is 0.379 e. The van der Waals surface area contributed by atoms with Gasteiger partial charge in [-0.15, -0.1) is 22.7 Å². The zero-order valence-corrected chi connectivity index (χ0v) is 20.8. The van der Waals surface area contributed by atoms with Crippen LogP contribution in [0, 0.1) is 0 Å². The van der Waals surface area contributed by atoms with Crippen LogP contribution in [0.3, 0.4) is 0 Å². The van der Waals surface area contributed by atoms with E-state index in [2.05, 4.69) is 29.6 Å². The number of thiazole rings is 1. The predicted octanol–water partition coefficient (Wildman–Crippen LogP) is 5.95. The fraction of sp³-hybridized carbons (Fsp3) is 0.259. The molecule has 0 atom stereocenters. The standard InChI is InChI=1S/C27H28N2O3S2/c1-2-31-13-14-32-19-21-9-6-8-20(16-21)18-28-25(30)17-24-26(23-12-7-15-33-23)29-27(34-24)22-10-4-3-5-11-22/h3-12,15-16H,2,13-14,17-19H2,1H3,(H,28,30). The van der Waals surface area contributed by atoms with E-state index in [4.69, 9.17) is 14.5 Å². The second-order valence-corrected chi connectivity index (χ2v) is 9.69. The van der Waals surface area contributed by atoms with E-state index in [1.165, 1.54) is 0 Å². The van der Waals surface area contributed by atoms with Gasteiger partial charge in [-0.1, -0.05) is 60.7 Å². The molecule has 176 valence electrons. The van der Waals surface area contributed by atoms with Crippen LogP contribution in [0.4, 0.5) is 0 Å². The van der Waals surface area contributed by atoms with Crippen LogP contribution >= 0.6 is 22.7 Å². The molecule has 2 aromatic heterocycles. The van der Waals surface area contributed by atoms with Gasteiger partial charge in [0.25, 0.3) is 0 Å². The summed E-state index contributed by atoms with van der Waals surface area (Å²) < 4.78 is 10.9. The van der Waals surface area contributed by atoms with Gasteiger partial charge in [0.05, 0.1) is 36.8 Å². The van der Waals surface area contributed by atoms with Crippen LogP contribution in [0.15, 0.2) is 72.1 Å². The smallest absolute Gasteiger partial charge is 0.225 e. The molecule has 34 heavy (non-hydrogen) atoms. The van der Waals surface area contributed by atoms with Crippen LogP contribution in [0.25, 0.3) is 21.1 Å². The molecule has 2 heterocycles. The van der Waals surface area contributed by atoms with E-state index < -0.39 is 0 Å². The number of hydrogen-bond donors (Lipinski definition) is 1. The number of benzene rings is 2. The van der Waals surface area contributed by atoms with E-state index in [1.54, 1.807) is 22.7 Å². The van der Waals surface area contributed by atoms with Crippen molar-refractivity contribution < 1.29 is 14.3 Å². The van der Waals surface area contributed by atoms with Gasteiger partial charge in [-0.25, -0.2) is 4.98 Å². The van der Waals surface area contributed by atoms with Crippen molar-refractivity contribution in [1.82, 2.24) is 10.3 Å². The molecule has 7 heteroatoms. The summed E-state index contributed by atoms with van der Waals surface area (Å²) in [6.45, 7) is 4.84. The maximum atomic E-state index is 12.8. The first-order chi connectivity index (χ1) is 16.7. The number of carbonyl (C=O) groups excluding carboxylic acids is 1. The molecular weight excluding hydrogens is 464 g/mol. The molecule has 0 saturated heterocycles. The van der Waals surface area contributed by atoms with Crippen LogP contribution in [0.1, 0.15) is 22.9 Å². The van der Waals surface area contributed by atoms with Crippen LogP contribution in [-0.4, -0.2) is 30.7 Å². The van der Waals surface area contributed by atoms with Gasteiger partial charge in [-0.05, 0) is 29.5 Å². The number of nitrogens with one attached hydrogen (secondary N) is 1. The van der Waals surface area contributed by atoms with Gasteiger partial charge in [0, 0.05) is 23.6 Å².